The van der Waals surface area contributed by atoms with E-state index < -0.39 is 11.6 Å². The molecule has 2 N–H and O–H groups in total. The Morgan fingerprint density at radius 3 is 2.76 bits per heavy atom. The number of aryl methyl sites for hydroxylation is 1. The van der Waals surface area contributed by atoms with Gasteiger partial charge in [-0.2, -0.15) is 5.10 Å². The Bertz CT molecular complexity index is 795. The molecule has 3 nitrogen and oxygen atoms in total. The number of nitrogens with zero attached hydrogens (tertiary/aromatic N) is 1. The first kappa shape index (κ1) is 13.5. The molecule has 2 aromatic carbocycles. The van der Waals surface area contributed by atoms with Crippen LogP contribution in [0.5, 0.6) is 0 Å². The van der Waals surface area contributed by atoms with Gasteiger partial charge in [0.1, 0.15) is 11.6 Å². The summed E-state index contributed by atoms with van der Waals surface area (Å²) in [5.74, 6) is -0.805. The molecule has 0 aliphatic heterocycles. The van der Waals surface area contributed by atoms with Gasteiger partial charge in [-0.3, -0.25) is 5.10 Å². The molecule has 0 radical (unpaired) electrons. The molecule has 108 valence electrons. The van der Waals surface area contributed by atoms with Crippen molar-refractivity contribution in [3.63, 3.8) is 0 Å². The molecule has 0 fully saturated rings. The van der Waals surface area contributed by atoms with Crippen LogP contribution in [0.15, 0.2) is 36.5 Å². The van der Waals surface area contributed by atoms with Crippen molar-refractivity contribution in [2.24, 2.45) is 0 Å². The molecular weight excluding hydrogens is 272 g/mol. The molecule has 3 rings (SSSR count). The van der Waals surface area contributed by atoms with Crippen molar-refractivity contribution in [3.05, 3.63) is 59.3 Å². The molecule has 3 aromatic rings. The largest absolute Gasteiger partial charge is 0.378 e. The molecule has 0 aliphatic carbocycles. The zero-order valence-electron chi connectivity index (χ0n) is 11.7. The van der Waals surface area contributed by atoms with Crippen molar-refractivity contribution < 1.29 is 8.78 Å². The van der Waals surface area contributed by atoms with Crippen LogP contribution in [-0.4, -0.2) is 10.2 Å². The van der Waals surface area contributed by atoms with Crippen molar-refractivity contribution >= 4 is 16.6 Å². The van der Waals surface area contributed by atoms with Gasteiger partial charge in [-0.05, 0) is 49.7 Å². The topological polar surface area (TPSA) is 40.7 Å². The van der Waals surface area contributed by atoms with E-state index in [1.165, 1.54) is 12.1 Å². The second-order valence-corrected chi connectivity index (χ2v) is 5.16. The minimum Gasteiger partial charge on any atom is -0.378 e. The summed E-state index contributed by atoms with van der Waals surface area (Å²) in [6.45, 7) is 3.34. The SMILES string of the molecule is Cc1cc(F)c(C(C)Nc2ccc3cn[nH]c3c2)cc1F. The highest BCUT2D eigenvalue weighted by atomic mass is 19.1. The van der Waals surface area contributed by atoms with E-state index in [0.717, 1.165) is 16.6 Å². The van der Waals surface area contributed by atoms with Crippen molar-refractivity contribution in [1.29, 1.82) is 0 Å². The van der Waals surface area contributed by atoms with Gasteiger partial charge in [0.2, 0.25) is 0 Å². The summed E-state index contributed by atoms with van der Waals surface area (Å²) >= 11 is 0. The number of nitrogens with one attached hydrogen (secondary N) is 2. The number of fused-ring (bicyclic) bond motifs is 1. The number of aromatic nitrogens is 2. The number of hydrogen-bond donors (Lipinski definition) is 2. The van der Waals surface area contributed by atoms with Gasteiger partial charge >= 0.3 is 0 Å². The minimum atomic E-state index is -0.406. The Kier molecular flexibility index (Phi) is 3.33. The number of aromatic amines is 1. The smallest absolute Gasteiger partial charge is 0.128 e. The van der Waals surface area contributed by atoms with Gasteiger partial charge < -0.3 is 5.32 Å². The molecule has 1 atom stereocenters. The molecule has 0 aliphatic rings. The van der Waals surface area contributed by atoms with Crippen LogP contribution in [0.25, 0.3) is 10.9 Å². The summed E-state index contributed by atoms with van der Waals surface area (Å²) in [6.07, 6.45) is 1.73. The molecule has 1 aromatic heterocycles. The van der Waals surface area contributed by atoms with Crippen molar-refractivity contribution in [3.8, 4) is 0 Å². The van der Waals surface area contributed by atoms with E-state index in [1.54, 1.807) is 20.0 Å². The average Bonchev–Trinajstić information content (AvgIpc) is 2.90. The Morgan fingerprint density at radius 1 is 1.14 bits per heavy atom. The highest BCUT2D eigenvalue weighted by Crippen LogP contribution is 2.25. The summed E-state index contributed by atoms with van der Waals surface area (Å²) in [6, 6.07) is 7.82. The number of hydrogen-bond acceptors (Lipinski definition) is 2. The maximum Gasteiger partial charge on any atom is 0.128 e. The van der Waals surface area contributed by atoms with E-state index in [-0.39, 0.29) is 6.04 Å². The lowest BCUT2D eigenvalue weighted by atomic mass is 10.0. The third kappa shape index (κ3) is 2.59. The lowest BCUT2D eigenvalue weighted by molar-refractivity contribution is 0.571. The van der Waals surface area contributed by atoms with Gasteiger partial charge in [-0.15, -0.1) is 0 Å². The fourth-order valence-corrected chi connectivity index (χ4v) is 2.35. The maximum atomic E-state index is 14.0. The van der Waals surface area contributed by atoms with Gasteiger partial charge in [0.25, 0.3) is 0 Å². The predicted molar refractivity (Wildman–Crippen MR) is 79.2 cm³/mol. The minimum absolute atomic E-state index is 0.308. The van der Waals surface area contributed by atoms with Crippen LogP contribution in [-0.2, 0) is 0 Å². The van der Waals surface area contributed by atoms with Crippen LogP contribution in [0.3, 0.4) is 0 Å². The summed E-state index contributed by atoms with van der Waals surface area (Å²) < 4.78 is 27.6. The molecule has 0 saturated carbocycles. The molecule has 0 bridgehead atoms. The van der Waals surface area contributed by atoms with E-state index in [9.17, 15) is 8.78 Å². The van der Waals surface area contributed by atoms with Crippen LogP contribution in [0.4, 0.5) is 14.5 Å². The third-order valence-electron chi connectivity index (χ3n) is 3.57. The summed E-state index contributed by atoms with van der Waals surface area (Å²) in [5.41, 5.74) is 2.33. The standard InChI is InChI=1S/C16H15F2N3/c1-9-5-15(18)13(7-14(9)17)10(2)20-12-4-3-11-8-19-21-16(11)6-12/h3-8,10,20H,1-2H3,(H,19,21). The van der Waals surface area contributed by atoms with Crippen LogP contribution >= 0.6 is 0 Å². The highest BCUT2D eigenvalue weighted by Gasteiger charge is 2.14. The Hall–Kier alpha value is -2.43. The zero-order chi connectivity index (χ0) is 15.0. The second-order valence-electron chi connectivity index (χ2n) is 5.16. The quantitative estimate of drug-likeness (QED) is 0.753. The lowest BCUT2D eigenvalue weighted by Gasteiger charge is -2.17. The van der Waals surface area contributed by atoms with Gasteiger partial charge in [-0.25, -0.2) is 8.78 Å². The summed E-state index contributed by atoms with van der Waals surface area (Å²) in [7, 11) is 0. The van der Waals surface area contributed by atoms with Crippen molar-refractivity contribution in [1.82, 2.24) is 10.2 Å². The van der Waals surface area contributed by atoms with Gasteiger partial charge in [0.15, 0.2) is 0 Å². The first-order valence-electron chi connectivity index (χ1n) is 6.70. The van der Waals surface area contributed by atoms with Gasteiger partial charge in [0.05, 0.1) is 17.8 Å². The summed E-state index contributed by atoms with van der Waals surface area (Å²) in [4.78, 5) is 0. The van der Waals surface area contributed by atoms with Crippen LogP contribution in [0.2, 0.25) is 0 Å². The number of rotatable bonds is 3. The number of benzene rings is 2. The Balaban J connectivity index is 1.88. The molecule has 0 spiro atoms. The van der Waals surface area contributed by atoms with Crippen molar-refractivity contribution in [2.45, 2.75) is 19.9 Å². The zero-order valence-corrected chi connectivity index (χ0v) is 11.7. The first-order valence-corrected chi connectivity index (χ1v) is 6.70. The molecule has 0 amide bonds. The first-order chi connectivity index (χ1) is 10.0. The molecule has 5 heteroatoms. The number of anilines is 1. The van der Waals surface area contributed by atoms with E-state index in [1.807, 2.05) is 18.2 Å². The van der Waals surface area contributed by atoms with Crippen molar-refractivity contribution in [2.75, 3.05) is 5.32 Å². The summed E-state index contributed by atoms with van der Waals surface area (Å²) in [5, 5.41) is 11.0. The normalized spacial score (nSPS) is 12.6. The average molecular weight is 287 g/mol. The second kappa shape index (κ2) is 5.16. The van der Waals surface area contributed by atoms with E-state index >= 15 is 0 Å². The predicted octanol–water partition coefficient (Wildman–Crippen LogP) is 4.32. The molecule has 21 heavy (non-hydrogen) atoms. The highest BCUT2D eigenvalue weighted by molar-refractivity contribution is 5.81. The van der Waals surface area contributed by atoms with E-state index in [2.05, 4.69) is 15.5 Å². The number of halogens is 2. The fourth-order valence-electron chi connectivity index (χ4n) is 2.35. The Labute approximate surface area is 121 Å². The molecule has 1 heterocycles. The lowest BCUT2D eigenvalue weighted by Crippen LogP contribution is -2.09. The van der Waals surface area contributed by atoms with Gasteiger partial charge in [0, 0.05) is 16.6 Å². The van der Waals surface area contributed by atoms with Crippen LogP contribution in [0.1, 0.15) is 24.1 Å². The molecule has 0 saturated heterocycles. The van der Waals surface area contributed by atoms with E-state index in [4.69, 9.17) is 0 Å². The monoisotopic (exact) mass is 287 g/mol. The van der Waals surface area contributed by atoms with Crippen LogP contribution < -0.4 is 5.32 Å². The van der Waals surface area contributed by atoms with E-state index in [0.29, 0.717) is 11.1 Å². The number of H-pyrrole nitrogens is 1. The maximum absolute atomic E-state index is 14.0. The Morgan fingerprint density at radius 2 is 1.95 bits per heavy atom. The molecular formula is C16H15F2N3. The molecule has 1 unspecified atom stereocenters. The van der Waals surface area contributed by atoms with Crippen LogP contribution in [0, 0.1) is 18.6 Å². The third-order valence-corrected chi connectivity index (χ3v) is 3.57. The fraction of sp³-hybridized carbons (Fsp3) is 0.188. The van der Waals surface area contributed by atoms with Gasteiger partial charge in [-0.1, -0.05) is 0 Å².